The molecule has 1 rings (SSSR count). The average Bonchev–Trinajstić information content (AvgIpc) is 2.30. The van der Waals surface area contributed by atoms with Gasteiger partial charge in [-0.05, 0) is 44.6 Å². The van der Waals surface area contributed by atoms with Crippen LogP contribution in [0.5, 0.6) is 0 Å². The second-order valence-corrected chi connectivity index (χ2v) is 5.13. The topological polar surface area (TPSA) is 15.3 Å². The monoisotopic (exact) mass is 254 g/mol. The minimum Gasteiger partial charge on any atom is -0.309 e. The lowest BCUT2D eigenvalue weighted by Gasteiger charge is -2.20. The Morgan fingerprint density at radius 1 is 1.41 bits per heavy atom. The highest BCUT2D eigenvalue weighted by atomic mass is 35.5. The highest BCUT2D eigenvalue weighted by molar-refractivity contribution is 6.31. The molecule has 1 aromatic rings. The van der Waals surface area contributed by atoms with E-state index < -0.39 is 0 Å². The van der Waals surface area contributed by atoms with Crippen molar-refractivity contribution in [1.82, 2.24) is 10.2 Å². The van der Waals surface area contributed by atoms with Crippen LogP contribution >= 0.6 is 11.6 Å². The van der Waals surface area contributed by atoms with Crippen LogP contribution in [0.1, 0.15) is 25.0 Å². The Morgan fingerprint density at radius 3 is 2.71 bits per heavy atom. The van der Waals surface area contributed by atoms with Gasteiger partial charge in [0.15, 0.2) is 0 Å². The Morgan fingerprint density at radius 2 is 2.12 bits per heavy atom. The lowest BCUT2D eigenvalue weighted by Crippen LogP contribution is -2.36. The molecule has 1 unspecified atom stereocenters. The van der Waals surface area contributed by atoms with E-state index in [4.69, 9.17) is 11.6 Å². The zero-order valence-electron chi connectivity index (χ0n) is 11.3. The molecular weight excluding hydrogens is 232 g/mol. The third kappa shape index (κ3) is 5.07. The van der Waals surface area contributed by atoms with Gasteiger partial charge in [0.1, 0.15) is 0 Å². The van der Waals surface area contributed by atoms with E-state index in [9.17, 15) is 0 Å². The van der Waals surface area contributed by atoms with Crippen LogP contribution in [0.15, 0.2) is 18.2 Å². The number of likely N-dealkylation sites (N-methyl/N-ethyl adjacent to an activating group) is 1. The molecule has 0 aromatic heterocycles. The van der Waals surface area contributed by atoms with Crippen LogP contribution in [0.3, 0.4) is 0 Å². The van der Waals surface area contributed by atoms with Gasteiger partial charge in [-0.2, -0.15) is 0 Å². The number of nitrogens with zero attached hydrogens (tertiary/aromatic N) is 1. The molecule has 2 nitrogen and oxygen atoms in total. The Labute approximate surface area is 110 Å². The SMILES string of the molecule is CCN(C)CC(C)NCc1ccc(Cl)c(C)c1. The van der Waals surface area contributed by atoms with Crippen LogP contribution in [0.4, 0.5) is 0 Å². The van der Waals surface area contributed by atoms with Gasteiger partial charge in [0.25, 0.3) is 0 Å². The predicted octanol–water partition coefficient (Wildman–Crippen LogP) is 3.08. The van der Waals surface area contributed by atoms with Gasteiger partial charge in [0.05, 0.1) is 0 Å². The van der Waals surface area contributed by atoms with Crippen LogP contribution in [-0.2, 0) is 6.54 Å². The van der Waals surface area contributed by atoms with E-state index in [1.54, 1.807) is 0 Å². The molecule has 17 heavy (non-hydrogen) atoms. The second kappa shape index (κ2) is 7.00. The maximum Gasteiger partial charge on any atom is 0.0435 e. The molecule has 0 aliphatic carbocycles. The first-order valence-electron chi connectivity index (χ1n) is 6.20. The van der Waals surface area contributed by atoms with Gasteiger partial charge >= 0.3 is 0 Å². The van der Waals surface area contributed by atoms with E-state index in [2.05, 4.69) is 43.2 Å². The fourth-order valence-corrected chi connectivity index (χ4v) is 1.89. The van der Waals surface area contributed by atoms with E-state index in [0.29, 0.717) is 6.04 Å². The average molecular weight is 255 g/mol. The van der Waals surface area contributed by atoms with E-state index >= 15 is 0 Å². The summed E-state index contributed by atoms with van der Waals surface area (Å²) in [6.45, 7) is 9.50. The molecule has 1 N–H and O–H groups in total. The van der Waals surface area contributed by atoms with Crippen LogP contribution in [0, 0.1) is 6.92 Å². The van der Waals surface area contributed by atoms with Crippen molar-refractivity contribution < 1.29 is 0 Å². The smallest absolute Gasteiger partial charge is 0.0435 e. The zero-order valence-corrected chi connectivity index (χ0v) is 12.0. The highest BCUT2D eigenvalue weighted by Gasteiger charge is 2.04. The predicted molar refractivity (Wildman–Crippen MR) is 75.7 cm³/mol. The van der Waals surface area contributed by atoms with Crippen molar-refractivity contribution in [3.8, 4) is 0 Å². The minimum atomic E-state index is 0.496. The third-order valence-electron chi connectivity index (χ3n) is 3.00. The number of nitrogens with one attached hydrogen (secondary N) is 1. The molecule has 3 heteroatoms. The lowest BCUT2D eigenvalue weighted by atomic mass is 10.1. The highest BCUT2D eigenvalue weighted by Crippen LogP contribution is 2.16. The molecule has 0 saturated heterocycles. The molecule has 1 aromatic carbocycles. The van der Waals surface area contributed by atoms with Gasteiger partial charge in [-0.15, -0.1) is 0 Å². The van der Waals surface area contributed by atoms with Crippen LogP contribution in [0.2, 0.25) is 5.02 Å². The second-order valence-electron chi connectivity index (χ2n) is 4.72. The Balaban J connectivity index is 2.42. The largest absolute Gasteiger partial charge is 0.309 e. The normalized spacial score (nSPS) is 13.1. The molecule has 0 amide bonds. The molecule has 0 spiro atoms. The minimum absolute atomic E-state index is 0.496. The van der Waals surface area contributed by atoms with Crippen molar-refractivity contribution in [2.75, 3.05) is 20.1 Å². The fourth-order valence-electron chi connectivity index (χ4n) is 1.77. The molecule has 0 saturated carbocycles. The fraction of sp³-hybridized carbons (Fsp3) is 0.571. The van der Waals surface area contributed by atoms with E-state index in [1.165, 1.54) is 5.56 Å². The third-order valence-corrected chi connectivity index (χ3v) is 3.43. The van der Waals surface area contributed by atoms with E-state index in [1.807, 2.05) is 13.0 Å². The molecule has 0 aliphatic heterocycles. The quantitative estimate of drug-likeness (QED) is 0.839. The summed E-state index contributed by atoms with van der Waals surface area (Å²) in [5, 5.41) is 4.37. The summed E-state index contributed by atoms with van der Waals surface area (Å²) in [6, 6.07) is 6.69. The molecule has 0 heterocycles. The number of halogens is 1. The van der Waals surface area contributed by atoms with Crippen LogP contribution in [0.25, 0.3) is 0 Å². The van der Waals surface area contributed by atoms with Crippen molar-refractivity contribution in [1.29, 1.82) is 0 Å². The molecule has 0 aliphatic rings. The molecule has 1 atom stereocenters. The Kier molecular flexibility index (Phi) is 5.96. The number of aryl methyl sites for hydroxylation is 1. The van der Waals surface area contributed by atoms with E-state index in [0.717, 1.165) is 30.2 Å². The number of rotatable bonds is 6. The summed E-state index contributed by atoms with van der Waals surface area (Å²) < 4.78 is 0. The van der Waals surface area contributed by atoms with Crippen molar-refractivity contribution in [3.05, 3.63) is 34.3 Å². The lowest BCUT2D eigenvalue weighted by molar-refractivity contribution is 0.309. The first kappa shape index (κ1) is 14.5. The van der Waals surface area contributed by atoms with Gasteiger partial charge in [-0.3, -0.25) is 0 Å². The molecule has 0 fully saturated rings. The Hall–Kier alpha value is -0.570. The molecular formula is C14H23ClN2. The Bertz CT molecular complexity index is 352. The van der Waals surface area contributed by atoms with Crippen molar-refractivity contribution >= 4 is 11.6 Å². The molecule has 0 bridgehead atoms. The van der Waals surface area contributed by atoms with Crippen molar-refractivity contribution in [2.24, 2.45) is 0 Å². The maximum atomic E-state index is 6.00. The summed E-state index contributed by atoms with van der Waals surface area (Å²) >= 11 is 6.00. The molecule has 96 valence electrons. The zero-order chi connectivity index (χ0) is 12.8. The maximum absolute atomic E-state index is 6.00. The van der Waals surface area contributed by atoms with Gasteiger partial charge < -0.3 is 10.2 Å². The van der Waals surface area contributed by atoms with Crippen molar-refractivity contribution in [3.63, 3.8) is 0 Å². The first-order valence-corrected chi connectivity index (χ1v) is 6.57. The summed E-state index contributed by atoms with van der Waals surface area (Å²) in [6.07, 6.45) is 0. The number of hydrogen-bond acceptors (Lipinski definition) is 2. The van der Waals surface area contributed by atoms with Gasteiger partial charge in [-0.25, -0.2) is 0 Å². The van der Waals surface area contributed by atoms with E-state index in [-0.39, 0.29) is 0 Å². The van der Waals surface area contributed by atoms with Crippen LogP contribution < -0.4 is 5.32 Å². The van der Waals surface area contributed by atoms with Gasteiger partial charge in [0.2, 0.25) is 0 Å². The van der Waals surface area contributed by atoms with Crippen molar-refractivity contribution in [2.45, 2.75) is 33.4 Å². The standard InChI is InChI=1S/C14H23ClN2/c1-5-17(4)10-12(3)16-9-13-6-7-14(15)11(2)8-13/h6-8,12,16H,5,9-10H2,1-4H3. The first-order chi connectivity index (χ1) is 8.02. The van der Waals surface area contributed by atoms with Gasteiger partial charge in [0, 0.05) is 24.2 Å². The van der Waals surface area contributed by atoms with Gasteiger partial charge in [-0.1, -0.05) is 30.7 Å². The number of benzene rings is 1. The summed E-state index contributed by atoms with van der Waals surface area (Å²) in [7, 11) is 2.14. The molecule has 0 radical (unpaired) electrons. The van der Waals surface area contributed by atoms with Crippen LogP contribution in [-0.4, -0.2) is 31.1 Å². The number of hydrogen-bond donors (Lipinski definition) is 1. The summed E-state index contributed by atoms with van der Waals surface area (Å²) in [5.74, 6) is 0. The summed E-state index contributed by atoms with van der Waals surface area (Å²) in [4.78, 5) is 2.31. The summed E-state index contributed by atoms with van der Waals surface area (Å²) in [5.41, 5.74) is 2.43.